The number of carbonyl (C=O) groups is 2. The average Bonchev–Trinajstić information content (AvgIpc) is 3.03. The Hall–Kier alpha value is -2.06. The van der Waals surface area contributed by atoms with E-state index in [9.17, 15) is 22.8 Å². The second-order valence-electron chi connectivity index (χ2n) is 6.32. The fraction of sp³-hybridized carbons (Fsp3) is 0.667. The van der Waals surface area contributed by atoms with Crippen LogP contribution in [0.5, 0.6) is 0 Å². The predicted molar refractivity (Wildman–Crippen MR) is 77.5 cm³/mol. The van der Waals surface area contributed by atoms with Crippen LogP contribution < -0.4 is 5.32 Å². The number of aliphatic carboxylic acids is 1. The summed E-state index contributed by atoms with van der Waals surface area (Å²) in [5, 5.41) is 18.3. The predicted octanol–water partition coefficient (Wildman–Crippen LogP) is 2.39. The molecule has 0 radical (unpaired) electrons. The SMILES string of the molecule is CCOC(=O)C12CCC(N/C(=C(\C=N)C(=O)O)C(F)(F)F)(CC1)C2. The van der Waals surface area contributed by atoms with Crippen LogP contribution in [0.3, 0.4) is 0 Å². The molecule has 0 saturated heterocycles. The van der Waals surface area contributed by atoms with Crippen LogP contribution in [0, 0.1) is 10.8 Å². The lowest BCUT2D eigenvalue weighted by molar-refractivity contribution is -0.154. The van der Waals surface area contributed by atoms with Gasteiger partial charge >= 0.3 is 18.1 Å². The summed E-state index contributed by atoms with van der Waals surface area (Å²) >= 11 is 0. The first-order valence-corrected chi connectivity index (χ1v) is 7.60. The third-order valence-electron chi connectivity index (χ3n) is 4.87. The van der Waals surface area contributed by atoms with Crippen molar-refractivity contribution in [3.05, 3.63) is 11.3 Å². The smallest absolute Gasteiger partial charge is 0.431 e. The third kappa shape index (κ3) is 3.11. The van der Waals surface area contributed by atoms with E-state index >= 15 is 0 Å². The van der Waals surface area contributed by atoms with Crippen molar-refractivity contribution in [2.24, 2.45) is 5.41 Å². The molecule has 24 heavy (non-hydrogen) atoms. The second kappa shape index (κ2) is 6.10. The summed E-state index contributed by atoms with van der Waals surface area (Å²) < 4.78 is 44.9. The quantitative estimate of drug-likeness (QED) is 0.389. The van der Waals surface area contributed by atoms with Crippen molar-refractivity contribution in [2.75, 3.05) is 6.61 Å². The van der Waals surface area contributed by atoms with Crippen LogP contribution in [0.1, 0.15) is 39.0 Å². The highest BCUT2D eigenvalue weighted by atomic mass is 19.4. The molecular weight excluding hydrogens is 329 g/mol. The van der Waals surface area contributed by atoms with E-state index in [0.717, 1.165) is 0 Å². The van der Waals surface area contributed by atoms with Gasteiger partial charge in [0.25, 0.3) is 0 Å². The second-order valence-corrected chi connectivity index (χ2v) is 6.32. The van der Waals surface area contributed by atoms with Crippen molar-refractivity contribution in [3.8, 4) is 0 Å². The zero-order chi connectivity index (χ0) is 18.2. The zero-order valence-corrected chi connectivity index (χ0v) is 13.1. The number of hydrogen-bond donors (Lipinski definition) is 3. The number of ether oxygens (including phenoxy) is 1. The molecule has 0 aromatic rings. The lowest BCUT2D eigenvalue weighted by Crippen LogP contribution is -2.45. The van der Waals surface area contributed by atoms with E-state index in [1.54, 1.807) is 6.92 Å². The van der Waals surface area contributed by atoms with Crippen molar-refractivity contribution >= 4 is 18.2 Å². The molecule has 9 heteroatoms. The van der Waals surface area contributed by atoms with Gasteiger partial charge in [-0.2, -0.15) is 13.2 Å². The van der Waals surface area contributed by atoms with Crippen LogP contribution in [0.2, 0.25) is 0 Å². The fourth-order valence-corrected chi connectivity index (χ4v) is 3.73. The Morgan fingerprint density at radius 2 is 1.88 bits per heavy atom. The maximum atomic E-state index is 13.3. The van der Waals surface area contributed by atoms with E-state index in [2.05, 4.69) is 5.32 Å². The largest absolute Gasteiger partial charge is 0.478 e. The molecule has 2 rings (SSSR count). The Morgan fingerprint density at radius 1 is 1.29 bits per heavy atom. The molecular formula is C15H19F3N2O4. The molecule has 2 aliphatic rings. The number of fused-ring (bicyclic) bond motifs is 2. The van der Waals surface area contributed by atoms with E-state index in [1.165, 1.54) is 0 Å². The van der Waals surface area contributed by atoms with Gasteiger partial charge in [0, 0.05) is 11.8 Å². The van der Waals surface area contributed by atoms with E-state index in [0.29, 0.717) is 25.7 Å². The van der Waals surface area contributed by atoms with Crippen molar-refractivity contribution in [1.29, 1.82) is 5.41 Å². The number of esters is 1. The summed E-state index contributed by atoms with van der Waals surface area (Å²) in [6.45, 7) is 1.86. The van der Waals surface area contributed by atoms with Crippen molar-refractivity contribution in [1.82, 2.24) is 5.32 Å². The molecule has 0 aromatic carbocycles. The van der Waals surface area contributed by atoms with Crippen LogP contribution in [0.25, 0.3) is 0 Å². The minimum atomic E-state index is -4.93. The normalized spacial score (nSPS) is 29.8. The Balaban J connectivity index is 2.31. The number of halogens is 3. The van der Waals surface area contributed by atoms with Crippen molar-refractivity contribution < 1.29 is 32.6 Å². The summed E-state index contributed by atoms with van der Waals surface area (Å²) in [5.74, 6) is -2.23. The Bertz CT molecular complexity index is 590. The molecule has 3 N–H and O–H groups in total. The Morgan fingerprint density at radius 3 is 2.29 bits per heavy atom. The number of carboxylic acid groups (broad SMARTS) is 1. The maximum Gasteiger partial charge on any atom is 0.431 e. The number of nitrogens with one attached hydrogen (secondary N) is 2. The number of hydrogen-bond acceptors (Lipinski definition) is 5. The Labute approximate surface area is 136 Å². The molecule has 2 fully saturated rings. The van der Waals surface area contributed by atoms with Gasteiger partial charge in [-0.25, -0.2) is 4.79 Å². The van der Waals surface area contributed by atoms with Crippen LogP contribution >= 0.6 is 0 Å². The average molecular weight is 348 g/mol. The van der Waals surface area contributed by atoms with E-state index in [4.69, 9.17) is 15.3 Å². The third-order valence-corrected chi connectivity index (χ3v) is 4.87. The molecule has 6 nitrogen and oxygen atoms in total. The highest BCUT2D eigenvalue weighted by Gasteiger charge is 2.60. The number of allylic oxidation sites excluding steroid dienone is 1. The lowest BCUT2D eigenvalue weighted by Gasteiger charge is -2.31. The minimum absolute atomic E-state index is 0.170. The lowest BCUT2D eigenvalue weighted by atomic mass is 9.84. The van der Waals surface area contributed by atoms with E-state index in [1.807, 2.05) is 0 Å². The van der Waals surface area contributed by atoms with E-state index in [-0.39, 0.29) is 19.2 Å². The Kier molecular flexibility index (Phi) is 4.65. The molecule has 0 aromatic heterocycles. The molecule has 0 amide bonds. The van der Waals surface area contributed by atoms with Crippen LogP contribution in [-0.4, -0.2) is 41.6 Å². The highest BCUT2D eigenvalue weighted by molar-refractivity contribution is 6.08. The van der Waals surface area contributed by atoms with Gasteiger partial charge in [-0.3, -0.25) is 4.79 Å². The number of carbonyl (C=O) groups excluding carboxylic acids is 1. The minimum Gasteiger partial charge on any atom is -0.478 e. The standard InChI is InChI=1S/C15H19F3N2O4/c1-2-24-12(23)13-3-5-14(8-13,6-4-13)20-10(15(16,17)18)9(7-19)11(21)22/h7,19-20H,2-6,8H2,1H3,(H,21,22)/b10-9+,19-7?. The molecule has 0 aliphatic heterocycles. The molecule has 2 saturated carbocycles. The summed E-state index contributed by atoms with van der Waals surface area (Å²) in [7, 11) is 0. The summed E-state index contributed by atoms with van der Waals surface area (Å²) in [4.78, 5) is 23.2. The molecule has 0 heterocycles. The molecule has 0 unspecified atom stereocenters. The number of rotatable bonds is 6. The number of carboxylic acids is 1. The van der Waals surface area contributed by atoms with Gasteiger partial charge in [-0.05, 0) is 39.0 Å². The molecule has 134 valence electrons. The van der Waals surface area contributed by atoms with Crippen LogP contribution in [0.15, 0.2) is 11.3 Å². The fourth-order valence-electron chi connectivity index (χ4n) is 3.73. The molecule has 0 atom stereocenters. The van der Waals surface area contributed by atoms with Crippen molar-refractivity contribution in [3.63, 3.8) is 0 Å². The monoisotopic (exact) mass is 348 g/mol. The summed E-state index contributed by atoms with van der Waals surface area (Å²) in [6, 6.07) is 0. The maximum absolute atomic E-state index is 13.3. The molecule has 2 bridgehead atoms. The molecule has 0 spiro atoms. The zero-order valence-electron chi connectivity index (χ0n) is 13.1. The van der Waals surface area contributed by atoms with Crippen LogP contribution in [0.4, 0.5) is 13.2 Å². The molecule has 2 aliphatic carbocycles. The van der Waals surface area contributed by atoms with Gasteiger partial charge in [-0.15, -0.1) is 0 Å². The number of alkyl halides is 3. The van der Waals surface area contributed by atoms with Crippen LogP contribution in [-0.2, 0) is 14.3 Å². The van der Waals surface area contributed by atoms with Gasteiger partial charge in [0.15, 0.2) is 0 Å². The topological polar surface area (TPSA) is 99.5 Å². The highest BCUT2D eigenvalue weighted by Crippen LogP contribution is 2.57. The van der Waals surface area contributed by atoms with Gasteiger partial charge in [-0.1, -0.05) is 0 Å². The van der Waals surface area contributed by atoms with Crippen molar-refractivity contribution in [2.45, 2.75) is 50.7 Å². The first-order chi connectivity index (χ1) is 11.1. The van der Waals surface area contributed by atoms with Gasteiger partial charge in [0.2, 0.25) is 0 Å². The first-order valence-electron chi connectivity index (χ1n) is 7.60. The first kappa shape index (κ1) is 18.3. The van der Waals surface area contributed by atoms with Gasteiger partial charge in [0.1, 0.15) is 11.3 Å². The van der Waals surface area contributed by atoms with Gasteiger partial charge in [0.05, 0.1) is 12.0 Å². The summed E-state index contributed by atoms with van der Waals surface area (Å²) in [6.07, 6.45) is -3.15. The van der Waals surface area contributed by atoms with Gasteiger partial charge < -0.3 is 20.6 Å². The van der Waals surface area contributed by atoms with E-state index < -0.39 is 40.3 Å². The summed E-state index contributed by atoms with van der Waals surface area (Å²) in [5.41, 5.74) is -4.38.